The third-order valence-electron chi connectivity index (χ3n) is 1.73. The van der Waals surface area contributed by atoms with Crippen molar-refractivity contribution in [2.45, 2.75) is 19.8 Å². The highest BCUT2D eigenvalue weighted by atomic mass is 32.2. The van der Waals surface area contributed by atoms with Gasteiger partial charge in [-0.2, -0.15) is 8.42 Å². The molecule has 1 atom stereocenters. The van der Waals surface area contributed by atoms with Crippen molar-refractivity contribution in [1.29, 1.82) is 0 Å². The van der Waals surface area contributed by atoms with Gasteiger partial charge in [-0.15, -0.1) is 0 Å². The van der Waals surface area contributed by atoms with E-state index in [2.05, 4.69) is 4.72 Å². The zero-order valence-corrected chi connectivity index (χ0v) is 8.10. The van der Waals surface area contributed by atoms with Crippen LogP contribution < -0.4 is 15.6 Å². The Morgan fingerprint density at radius 1 is 1.50 bits per heavy atom. The molecule has 0 fully saturated rings. The van der Waals surface area contributed by atoms with E-state index in [0.29, 0.717) is 13.1 Å². The molecule has 0 aromatic rings. The molecule has 0 heterocycles. The molecular formula is C6H17N3O2S. The van der Waals surface area contributed by atoms with E-state index >= 15 is 0 Å². The Morgan fingerprint density at radius 2 is 2.08 bits per heavy atom. The molecule has 0 radical (unpaired) electrons. The maximum absolute atomic E-state index is 10.5. The molecule has 74 valence electrons. The first-order valence-electron chi connectivity index (χ1n) is 3.97. The number of hydrogen-bond acceptors (Lipinski definition) is 3. The van der Waals surface area contributed by atoms with Gasteiger partial charge in [0.25, 0.3) is 10.2 Å². The highest BCUT2D eigenvalue weighted by Crippen LogP contribution is 2.04. The number of nitrogens with one attached hydrogen (secondary N) is 1. The van der Waals surface area contributed by atoms with Gasteiger partial charge >= 0.3 is 0 Å². The molecule has 0 spiro atoms. The summed E-state index contributed by atoms with van der Waals surface area (Å²) in [6, 6.07) is 0. The largest absolute Gasteiger partial charge is 0.330 e. The Bertz CT molecular complexity index is 203. The lowest BCUT2D eigenvalue weighted by Crippen LogP contribution is -2.35. The highest BCUT2D eigenvalue weighted by molar-refractivity contribution is 7.87. The Morgan fingerprint density at radius 3 is 2.42 bits per heavy atom. The van der Waals surface area contributed by atoms with Crippen LogP contribution in [-0.2, 0) is 10.2 Å². The summed E-state index contributed by atoms with van der Waals surface area (Å²) >= 11 is 0. The molecule has 1 unspecified atom stereocenters. The molecule has 0 rings (SSSR count). The van der Waals surface area contributed by atoms with Crippen molar-refractivity contribution in [1.82, 2.24) is 4.72 Å². The summed E-state index contributed by atoms with van der Waals surface area (Å²) in [4.78, 5) is 0. The summed E-state index contributed by atoms with van der Waals surface area (Å²) < 4.78 is 23.2. The van der Waals surface area contributed by atoms with Crippen LogP contribution >= 0.6 is 0 Å². The summed E-state index contributed by atoms with van der Waals surface area (Å²) in [5.74, 6) is 0.285. The van der Waals surface area contributed by atoms with E-state index in [9.17, 15) is 8.42 Å². The lowest BCUT2D eigenvalue weighted by atomic mass is 10.0. The molecule has 0 aliphatic carbocycles. The van der Waals surface area contributed by atoms with Gasteiger partial charge < -0.3 is 5.73 Å². The third kappa shape index (κ3) is 6.53. The van der Waals surface area contributed by atoms with Crippen molar-refractivity contribution >= 4 is 10.2 Å². The third-order valence-corrected chi connectivity index (χ3v) is 2.29. The van der Waals surface area contributed by atoms with Crippen LogP contribution in [0.25, 0.3) is 0 Å². The van der Waals surface area contributed by atoms with Crippen molar-refractivity contribution in [3.8, 4) is 0 Å². The lowest BCUT2D eigenvalue weighted by molar-refractivity contribution is 0.466. The van der Waals surface area contributed by atoms with Crippen molar-refractivity contribution in [3.63, 3.8) is 0 Å². The topological polar surface area (TPSA) is 98.2 Å². The predicted molar refractivity (Wildman–Crippen MR) is 48.6 cm³/mol. The monoisotopic (exact) mass is 195 g/mol. The average molecular weight is 195 g/mol. The second-order valence-electron chi connectivity index (χ2n) is 2.75. The van der Waals surface area contributed by atoms with Gasteiger partial charge in [0.1, 0.15) is 0 Å². The SMILES string of the molecule is CCC(CCN)CNS(N)(=O)=O. The van der Waals surface area contributed by atoms with Crippen LogP contribution in [0.15, 0.2) is 0 Å². The summed E-state index contributed by atoms with van der Waals surface area (Å²) in [5, 5.41) is 4.76. The first kappa shape index (κ1) is 11.8. The molecule has 0 aliphatic heterocycles. The minimum Gasteiger partial charge on any atom is -0.330 e. The van der Waals surface area contributed by atoms with Gasteiger partial charge in [-0.3, -0.25) is 0 Å². The first-order valence-corrected chi connectivity index (χ1v) is 5.51. The van der Waals surface area contributed by atoms with Crippen LogP contribution in [0.5, 0.6) is 0 Å². The van der Waals surface area contributed by atoms with E-state index in [0.717, 1.165) is 12.8 Å². The standard InChI is InChI=1S/C6H17N3O2S/c1-2-6(3-4-7)5-9-12(8,10)11/h6,9H,2-5,7H2,1H3,(H2,8,10,11). The van der Waals surface area contributed by atoms with E-state index < -0.39 is 10.2 Å². The number of rotatable bonds is 6. The Kier molecular flexibility index (Phi) is 5.39. The molecule has 0 amide bonds. The highest BCUT2D eigenvalue weighted by Gasteiger charge is 2.08. The van der Waals surface area contributed by atoms with E-state index in [1.807, 2.05) is 6.92 Å². The number of hydrogen-bond donors (Lipinski definition) is 3. The summed E-state index contributed by atoms with van der Waals surface area (Å²) in [5.41, 5.74) is 5.34. The smallest absolute Gasteiger partial charge is 0.274 e. The van der Waals surface area contributed by atoms with Crippen LogP contribution in [0, 0.1) is 5.92 Å². The quantitative estimate of drug-likeness (QED) is 0.515. The predicted octanol–water partition coefficient (Wildman–Crippen LogP) is -0.845. The molecule has 0 aromatic carbocycles. The van der Waals surface area contributed by atoms with E-state index in [-0.39, 0.29) is 5.92 Å². The second kappa shape index (κ2) is 5.47. The van der Waals surface area contributed by atoms with Crippen LogP contribution in [0.4, 0.5) is 0 Å². The molecule has 0 saturated heterocycles. The molecule has 0 bridgehead atoms. The molecule has 0 saturated carbocycles. The van der Waals surface area contributed by atoms with Gasteiger partial charge in [0.05, 0.1) is 0 Å². The minimum atomic E-state index is -3.54. The van der Waals surface area contributed by atoms with Gasteiger partial charge in [-0.1, -0.05) is 13.3 Å². The Labute approximate surface area is 73.7 Å². The van der Waals surface area contributed by atoms with Gasteiger partial charge in [-0.25, -0.2) is 9.86 Å². The van der Waals surface area contributed by atoms with Gasteiger partial charge in [0.2, 0.25) is 0 Å². The molecule has 0 aromatic heterocycles. The van der Waals surface area contributed by atoms with E-state index in [4.69, 9.17) is 10.9 Å². The zero-order chi connectivity index (χ0) is 9.61. The summed E-state index contributed by atoms with van der Waals surface area (Å²) in [6.45, 7) is 2.95. The maximum atomic E-state index is 10.5. The zero-order valence-electron chi connectivity index (χ0n) is 7.29. The summed E-state index contributed by atoms with van der Waals surface area (Å²) in [6.07, 6.45) is 1.72. The molecular weight excluding hydrogens is 178 g/mol. The summed E-state index contributed by atoms with van der Waals surface area (Å²) in [7, 11) is -3.54. The molecule has 12 heavy (non-hydrogen) atoms. The van der Waals surface area contributed by atoms with Crippen molar-refractivity contribution in [2.24, 2.45) is 16.8 Å². The van der Waals surface area contributed by atoms with E-state index in [1.165, 1.54) is 0 Å². The van der Waals surface area contributed by atoms with Gasteiger partial charge in [0.15, 0.2) is 0 Å². The van der Waals surface area contributed by atoms with E-state index in [1.54, 1.807) is 0 Å². The van der Waals surface area contributed by atoms with Gasteiger partial charge in [0, 0.05) is 6.54 Å². The fraction of sp³-hybridized carbons (Fsp3) is 1.00. The van der Waals surface area contributed by atoms with Crippen molar-refractivity contribution in [2.75, 3.05) is 13.1 Å². The fourth-order valence-corrected chi connectivity index (χ4v) is 1.39. The van der Waals surface area contributed by atoms with Crippen molar-refractivity contribution < 1.29 is 8.42 Å². The fourth-order valence-electron chi connectivity index (χ4n) is 0.920. The van der Waals surface area contributed by atoms with Crippen LogP contribution in [0.2, 0.25) is 0 Å². The minimum absolute atomic E-state index is 0.285. The molecule has 5 nitrogen and oxygen atoms in total. The average Bonchev–Trinajstić information content (AvgIpc) is 1.96. The Hall–Kier alpha value is -0.170. The maximum Gasteiger partial charge on any atom is 0.274 e. The molecule has 5 N–H and O–H groups in total. The second-order valence-corrected chi connectivity index (χ2v) is 4.12. The lowest BCUT2D eigenvalue weighted by Gasteiger charge is -2.12. The molecule has 0 aliphatic rings. The normalized spacial score (nSPS) is 14.6. The Balaban J connectivity index is 3.73. The van der Waals surface area contributed by atoms with Gasteiger partial charge in [-0.05, 0) is 18.9 Å². The number of nitrogens with two attached hydrogens (primary N) is 2. The first-order chi connectivity index (χ1) is 5.49. The van der Waals surface area contributed by atoms with Crippen LogP contribution in [-0.4, -0.2) is 21.5 Å². The molecule has 6 heteroatoms. The van der Waals surface area contributed by atoms with Crippen LogP contribution in [0.3, 0.4) is 0 Å². The van der Waals surface area contributed by atoms with Crippen LogP contribution in [0.1, 0.15) is 19.8 Å². The van der Waals surface area contributed by atoms with Crippen molar-refractivity contribution in [3.05, 3.63) is 0 Å².